The van der Waals surface area contributed by atoms with Gasteiger partial charge in [-0.25, -0.2) is 9.18 Å². The first-order valence-corrected chi connectivity index (χ1v) is 15.6. The van der Waals surface area contributed by atoms with Crippen molar-refractivity contribution in [3.05, 3.63) is 117 Å². The molecule has 0 aliphatic carbocycles. The highest BCUT2D eigenvalue weighted by Gasteiger charge is 2.49. The molecule has 2 aliphatic heterocycles. The Morgan fingerprint density at radius 1 is 0.933 bits per heavy atom. The van der Waals surface area contributed by atoms with Crippen molar-refractivity contribution < 1.29 is 38.1 Å². The zero-order valence-electron chi connectivity index (χ0n) is 23.3. The summed E-state index contributed by atoms with van der Waals surface area (Å²) in [5.74, 6) is -0.660. The van der Waals surface area contributed by atoms with Crippen LogP contribution in [0.1, 0.15) is 33.6 Å². The number of nitrogens with zero attached hydrogens (tertiary/aromatic N) is 1. The van der Waals surface area contributed by atoms with E-state index in [1.54, 1.807) is 47.4 Å². The van der Waals surface area contributed by atoms with Crippen LogP contribution in [0.2, 0.25) is 10.0 Å². The number of hydrogen-bond acceptors (Lipinski definition) is 7. The molecular formula is C33H24Cl2FNO7S. The van der Waals surface area contributed by atoms with E-state index < -0.39 is 29.2 Å². The molecule has 1 amide bonds. The van der Waals surface area contributed by atoms with Gasteiger partial charge in [0.1, 0.15) is 30.0 Å². The fourth-order valence-corrected chi connectivity index (χ4v) is 6.64. The molecular weight excluding hydrogens is 644 g/mol. The number of benzene rings is 4. The topological polar surface area (TPSA) is 102 Å². The standard InChI is InChI=1S/C33H24Cl2FNO7S/c34-24-11-3-20(15-25(24)35)30(33(40)41)44-23-9-1-18(2-10-23)29-31(32(39)37(29)22-7-5-21(36)6-8-22)45-17-26(38)19-4-12-27-28(16-19)43-14-13-42-27/h1-12,15-16,29-31H,13-14,17H2,(H,40,41)/t29-,30?,31-/m1/s1. The van der Waals surface area contributed by atoms with E-state index in [1.165, 1.54) is 54.2 Å². The van der Waals surface area contributed by atoms with Crippen molar-refractivity contribution in [2.24, 2.45) is 0 Å². The SMILES string of the molecule is O=C(CS[C@H]1C(=O)N(c2ccc(F)cc2)[C@@H]1c1ccc(OC(C(=O)O)c2ccc(Cl)c(Cl)c2)cc1)c1ccc2c(c1)OCCO2. The van der Waals surface area contributed by atoms with Gasteiger partial charge >= 0.3 is 5.97 Å². The van der Waals surface area contributed by atoms with Crippen LogP contribution < -0.4 is 19.1 Å². The number of Topliss-reactive ketones (excluding diaryl/α,β-unsaturated/α-hetero) is 1. The molecule has 1 saturated heterocycles. The summed E-state index contributed by atoms with van der Waals surface area (Å²) in [6, 6.07) is 21.2. The minimum atomic E-state index is -1.35. The number of rotatable bonds is 10. The van der Waals surface area contributed by atoms with E-state index >= 15 is 0 Å². The first-order valence-electron chi connectivity index (χ1n) is 13.8. The average Bonchev–Trinajstić information content (AvgIpc) is 3.04. The summed E-state index contributed by atoms with van der Waals surface area (Å²) in [4.78, 5) is 40.1. The van der Waals surface area contributed by atoms with Crippen LogP contribution >= 0.6 is 35.0 Å². The number of aliphatic carboxylic acids is 1. The number of ketones is 1. The number of carboxylic acid groups (broad SMARTS) is 1. The summed E-state index contributed by atoms with van der Waals surface area (Å²) in [5.41, 5.74) is 1.98. The molecule has 1 unspecified atom stereocenters. The number of ether oxygens (including phenoxy) is 3. The Bertz CT molecular complexity index is 1770. The average molecular weight is 669 g/mol. The van der Waals surface area contributed by atoms with E-state index in [4.69, 9.17) is 37.4 Å². The predicted molar refractivity (Wildman–Crippen MR) is 169 cm³/mol. The van der Waals surface area contributed by atoms with Crippen LogP contribution in [0.25, 0.3) is 0 Å². The van der Waals surface area contributed by atoms with Crippen LogP contribution in [0.4, 0.5) is 10.1 Å². The molecule has 6 rings (SSSR count). The van der Waals surface area contributed by atoms with Gasteiger partial charge in [0.15, 0.2) is 17.3 Å². The van der Waals surface area contributed by atoms with E-state index in [2.05, 4.69) is 0 Å². The first kappa shape index (κ1) is 30.8. The maximum Gasteiger partial charge on any atom is 0.349 e. The van der Waals surface area contributed by atoms with Crippen molar-refractivity contribution in [1.82, 2.24) is 0 Å². The van der Waals surface area contributed by atoms with Crippen LogP contribution in [0.15, 0.2) is 84.9 Å². The first-order chi connectivity index (χ1) is 21.7. The highest BCUT2D eigenvalue weighted by molar-refractivity contribution is 8.01. The normalized spacial score (nSPS) is 17.8. The number of carboxylic acids is 1. The zero-order chi connectivity index (χ0) is 31.7. The molecule has 3 atom stereocenters. The summed E-state index contributed by atoms with van der Waals surface area (Å²) in [6.45, 7) is 0.837. The van der Waals surface area contributed by atoms with E-state index in [-0.39, 0.29) is 33.2 Å². The maximum atomic E-state index is 13.7. The van der Waals surface area contributed by atoms with Crippen LogP contribution in [-0.4, -0.2) is 47.0 Å². The number of hydrogen-bond donors (Lipinski definition) is 1. The summed E-state index contributed by atoms with van der Waals surface area (Å²) < 4.78 is 30.6. The minimum absolute atomic E-state index is 0.0367. The lowest BCUT2D eigenvalue weighted by molar-refractivity contribution is -0.145. The smallest absolute Gasteiger partial charge is 0.349 e. The van der Waals surface area contributed by atoms with Crippen LogP contribution in [0, 0.1) is 5.82 Å². The molecule has 1 N–H and O–H groups in total. The van der Waals surface area contributed by atoms with Gasteiger partial charge in [0.25, 0.3) is 0 Å². The van der Waals surface area contributed by atoms with Gasteiger partial charge in [-0.05, 0) is 72.3 Å². The monoisotopic (exact) mass is 667 g/mol. The Kier molecular flexibility index (Phi) is 8.89. The van der Waals surface area contributed by atoms with Gasteiger partial charge in [-0.1, -0.05) is 41.4 Å². The van der Waals surface area contributed by atoms with Crippen molar-refractivity contribution in [2.75, 3.05) is 23.9 Å². The van der Waals surface area contributed by atoms with E-state index in [0.29, 0.717) is 41.5 Å². The molecule has 1 fully saturated rings. The Hall–Kier alpha value is -4.25. The van der Waals surface area contributed by atoms with Crippen molar-refractivity contribution >= 4 is 58.3 Å². The van der Waals surface area contributed by atoms with Gasteiger partial charge < -0.3 is 24.2 Å². The molecule has 0 spiro atoms. The lowest BCUT2D eigenvalue weighted by Gasteiger charge is -2.47. The fourth-order valence-electron chi connectivity index (χ4n) is 5.12. The Morgan fingerprint density at radius 2 is 1.64 bits per heavy atom. The number of carbonyl (C=O) groups is 3. The highest BCUT2D eigenvalue weighted by Crippen LogP contribution is 2.46. The number of halogens is 3. The van der Waals surface area contributed by atoms with Gasteiger partial charge in [-0.15, -0.1) is 11.8 Å². The third-order valence-electron chi connectivity index (χ3n) is 7.35. The van der Waals surface area contributed by atoms with E-state index in [1.807, 2.05) is 0 Å². The second-order valence-electron chi connectivity index (χ2n) is 10.2. The minimum Gasteiger partial charge on any atom is -0.486 e. The number of fused-ring (bicyclic) bond motifs is 1. The Labute approximate surface area is 271 Å². The van der Waals surface area contributed by atoms with Crippen molar-refractivity contribution in [2.45, 2.75) is 17.4 Å². The predicted octanol–water partition coefficient (Wildman–Crippen LogP) is 7.18. The van der Waals surface area contributed by atoms with Crippen LogP contribution in [0.5, 0.6) is 17.2 Å². The van der Waals surface area contributed by atoms with Gasteiger partial charge in [-0.3, -0.25) is 9.59 Å². The molecule has 0 saturated carbocycles. The van der Waals surface area contributed by atoms with Gasteiger partial charge in [0, 0.05) is 16.8 Å². The van der Waals surface area contributed by atoms with Crippen molar-refractivity contribution in [3.8, 4) is 17.2 Å². The molecule has 230 valence electrons. The molecule has 0 aromatic heterocycles. The second kappa shape index (κ2) is 13.0. The Balaban J connectivity index is 1.22. The number of anilines is 1. The number of β-lactam (4-membered cyclic amide) rings is 1. The molecule has 2 heterocycles. The lowest BCUT2D eigenvalue weighted by atomic mass is 9.92. The second-order valence-corrected chi connectivity index (χ2v) is 12.2. The molecule has 0 radical (unpaired) electrons. The molecule has 8 nitrogen and oxygen atoms in total. The number of carbonyl (C=O) groups excluding carboxylic acids is 2. The summed E-state index contributed by atoms with van der Waals surface area (Å²) in [6.07, 6.45) is -1.35. The highest BCUT2D eigenvalue weighted by atomic mass is 35.5. The zero-order valence-corrected chi connectivity index (χ0v) is 25.7. The molecule has 4 aromatic rings. The van der Waals surface area contributed by atoms with Crippen LogP contribution in [-0.2, 0) is 9.59 Å². The van der Waals surface area contributed by atoms with Gasteiger partial charge in [-0.2, -0.15) is 0 Å². The molecule has 2 aliphatic rings. The largest absolute Gasteiger partial charge is 0.486 e. The van der Waals surface area contributed by atoms with Gasteiger partial charge in [0.2, 0.25) is 12.0 Å². The third kappa shape index (κ3) is 6.45. The van der Waals surface area contributed by atoms with E-state index in [0.717, 1.165) is 5.56 Å². The van der Waals surface area contributed by atoms with E-state index in [9.17, 15) is 23.9 Å². The quantitative estimate of drug-likeness (QED) is 0.140. The third-order valence-corrected chi connectivity index (χ3v) is 9.34. The fraction of sp³-hybridized carbons (Fsp3) is 0.182. The summed E-state index contributed by atoms with van der Waals surface area (Å²) in [5, 5.41) is 9.69. The molecule has 4 aromatic carbocycles. The number of thioether (sulfide) groups is 1. The summed E-state index contributed by atoms with van der Waals surface area (Å²) in [7, 11) is 0. The summed E-state index contributed by atoms with van der Waals surface area (Å²) >= 11 is 13.3. The maximum absolute atomic E-state index is 13.7. The molecule has 45 heavy (non-hydrogen) atoms. The van der Waals surface area contributed by atoms with Crippen LogP contribution in [0.3, 0.4) is 0 Å². The lowest BCUT2D eigenvalue weighted by Crippen LogP contribution is -2.57. The molecule has 0 bridgehead atoms. The number of amides is 1. The van der Waals surface area contributed by atoms with Crippen molar-refractivity contribution in [1.29, 1.82) is 0 Å². The van der Waals surface area contributed by atoms with Crippen molar-refractivity contribution in [3.63, 3.8) is 0 Å². The van der Waals surface area contributed by atoms with Gasteiger partial charge in [0.05, 0.1) is 21.8 Å². The Morgan fingerprint density at radius 3 is 2.33 bits per heavy atom. The molecule has 12 heteroatoms.